The molecule has 0 radical (unpaired) electrons. The lowest BCUT2D eigenvalue weighted by atomic mass is 10.2. The number of hydrogen-bond donors (Lipinski definition) is 2. The van der Waals surface area contributed by atoms with Crippen molar-refractivity contribution < 1.29 is 38.6 Å². The summed E-state index contributed by atoms with van der Waals surface area (Å²) in [4.78, 5) is 8.95. The fraction of sp³-hybridized carbons (Fsp3) is 0.583. The third-order valence-electron chi connectivity index (χ3n) is 4.41. The van der Waals surface area contributed by atoms with Crippen LogP contribution in [0, 0.1) is 0 Å². The summed E-state index contributed by atoms with van der Waals surface area (Å²) in [6.07, 6.45) is 3.57. The van der Waals surface area contributed by atoms with Crippen molar-refractivity contribution in [2.75, 3.05) is 79.3 Å². The Kier molecular flexibility index (Phi) is 16.0. The Morgan fingerprint density at radius 1 is 0.471 bits per heavy atom. The number of ether oxygens (including phenoxy) is 6. The highest BCUT2D eigenvalue weighted by molar-refractivity contribution is 5.53. The zero-order valence-electron chi connectivity index (χ0n) is 19.6. The Morgan fingerprint density at radius 2 is 0.824 bits per heavy atom. The molecule has 0 saturated heterocycles. The molecule has 34 heavy (non-hydrogen) atoms. The summed E-state index contributed by atoms with van der Waals surface area (Å²) >= 11 is 0. The highest BCUT2D eigenvalue weighted by Crippen LogP contribution is 2.15. The number of hydrogen-bond acceptors (Lipinski definition) is 10. The lowest BCUT2D eigenvalue weighted by molar-refractivity contribution is 0.00447. The van der Waals surface area contributed by atoms with Crippen LogP contribution in [0.3, 0.4) is 0 Å². The normalized spacial score (nSPS) is 11.2. The Hall–Kier alpha value is -2.02. The molecule has 2 aromatic heterocycles. The summed E-state index contributed by atoms with van der Waals surface area (Å²) < 4.78 is 32.2. The molecule has 0 aliphatic carbocycles. The largest absolute Gasteiger partial charge is 0.394 e. The van der Waals surface area contributed by atoms with E-state index in [1.165, 1.54) is 0 Å². The molecule has 0 aliphatic heterocycles. The summed E-state index contributed by atoms with van der Waals surface area (Å²) in [5, 5.41) is 17.2. The molecule has 0 spiro atoms. The van der Waals surface area contributed by atoms with Crippen molar-refractivity contribution in [2.24, 2.45) is 0 Å². The van der Waals surface area contributed by atoms with Gasteiger partial charge in [0, 0.05) is 12.4 Å². The molecule has 0 aromatic carbocycles. The second-order valence-corrected chi connectivity index (χ2v) is 7.11. The van der Waals surface area contributed by atoms with E-state index in [1.807, 2.05) is 24.3 Å². The van der Waals surface area contributed by atoms with Gasteiger partial charge in [-0.2, -0.15) is 0 Å². The van der Waals surface area contributed by atoms with Gasteiger partial charge in [-0.25, -0.2) is 0 Å². The summed E-state index contributed by atoms with van der Waals surface area (Å²) in [7, 11) is 0. The minimum absolute atomic E-state index is 0.0219. The molecule has 0 amide bonds. The topological polar surface area (TPSA) is 122 Å². The predicted octanol–water partition coefficient (Wildman–Crippen LogP) is 1.23. The van der Waals surface area contributed by atoms with Crippen LogP contribution < -0.4 is 0 Å². The zero-order chi connectivity index (χ0) is 24.1. The van der Waals surface area contributed by atoms with Gasteiger partial charge in [0.15, 0.2) is 0 Å². The van der Waals surface area contributed by atoms with E-state index in [4.69, 9.17) is 38.6 Å². The molecule has 0 bridgehead atoms. The Bertz CT molecular complexity index is 667. The number of aliphatic hydroxyl groups excluding tert-OH is 2. The lowest BCUT2D eigenvalue weighted by Crippen LogP contribution is -2.10. The Morgan fingerprint density at radius 3 is 1.15 bits per heavy atom. The molecular formula is C24H36N2O8. The van der Waals surface area contributed by atoms with Crippen molar-refractivity contribution in [3.63, 3.8) is 0 Å². The average molecular weight is 481 g/mol. The van der Waals surface area contributed by atoms with E-state index >= 15 is 0 Å². The van der Waals surface area contributed by atoms with Crippen LogP contribution in [0.5, 0.6) is 0 Å². The van der Waals surface area contributed by atoms with E-state index in [0.717, 1.165) is 22.5 Å². The third kappa shape index (κ3) is 13.0. The maximum absolute atomic E-state index is 8.60. The lowest BCUT2D eigenvalue weighted by Gasteiger charge is -2.08. The van der Waals surface area contributed by atoms with Crippen LogP contribution >= 0.6 is 0 Å². The SMILES string of the molecule is OCCOCCOCCOCc1ccc(-c2ccc(COCCOCCOCCO)cn2)nc1. The van der Waals surface area contributed by atoms with E-state index in [0.29, 0.717) is 79.3 Å². The van der Waals surface area contributed by atoms with Crippen LogP contribution in [0.1, 0.15) is 11.1 Å². The Balaban J connectivity index is 1.57. The first-order valence-electron chi connectivity index (χ1n) is 11.4. The molecule has 0 saturated carbocycles. The predicted molar refractivity (Wildman–Crippen MR) is 124 cm³/mol. The van der Waals surface area contributed by atoms with Gasteiger partial charge < -0.3 is 38.6 Å². The van der Waals surface area contributed by atoms with Gasteiger partial charge in [0.05, 0.1) is 104 Å². The van der Waals surface area contributed by atoms with Gasteiger partial charge in [0.25, 0.3) is 0 Å². The monoisotopic (exact) mass is 480 g/mol. The molecule has 2 rings (SSSR count). The molecule has 0 aliphatic rings. The van der Waals surface area contributed by atoms with Crippen molar-refractivity contribution >= 4 is 0 Å². The first kappa shape index (κ1) is 28.2. The summed E-state index contributed by atoms with van der Waals surface area (Å²) in [5.74, 6) is 0. The van der Waals surface area contributed by atoms with Crippen LogP contribution in [-0.2, 0) is 41.6 Å². The molecule has 10 nitrogen and oxygen atoms in total. The van der Waals surface area contributed by atoms with Crippen LogP contribution in [-0.4, -0.2) is 99.5 Å². The van der Waals surface area contributed by atoms with Crippen LogP contribution in [0.25, 0.3) is 11.4 Å². The van der Waals surface area contributed by atoms with Crippen molar-refractivity contribution in [1.82, 2.24) is 9.97 Å². The molecule has 2 aromatic rings. The van der Waals surface area contributed by atoms with Crippen molar-refractivity contribution in [1.29, 1.82) is 0 Å². The van der Waals surface area contributed by atoms with E-state index < -0.39 is 0 Å². The van der Waals surface area contributed by atoms with Gasteiger partial charge in [0.1, 0.15) is 0 Å². The molecule has 0 atom stereocenters. The first-order chi connectivity index (χ1) is 16.8. The van der Waals surface area contributed by atoms with Crippen molar-refractivity contribution in [2.45, 2.75) is 13.2 Å². The highest BCUT2D eigenvalue weighted by atomic mass is 16.6. The summed E-state index contributed by atoms with van der Waals surface area (Å²) in [5.41, 5.74) is 3.53. The number of aromatic nitrogens is 2. The molecule has 2 N–H and O–H groups in total. The van der Waals surface area contributed by atoms with E-state index in [1.54, 1.807) is 12.4 Å². The van der Waals surface area contributed by atoms with Gasteiger partial charge in [-0.15, -0.1) is 0 Å². The number of pyridine rings is 2. The molecule has 0 unspecified atom stereocenters. The molecule has 10 heteroatoms. The molecule has 2 heterocycles. The zero-order valence-corrected chi connectivity index (χ0v) is 19.6. The van der Waals surface area contributed by atoms with Gasteiger partial charge in [-0.3, -0.25) is 9.97 Å². The fourth-order valence-corrected chi connectivity index (χ4v) is 2.71. The average Bonchev–Trinajstić information content (AvgIpc) is 2.87. The summed E-state index contributed by atoms with van der Waals surface area (Å²) in [6.45, 7) is 5.46. The molecule has 0 fully saturated rings. The van der Waals surface area contributed by atoms with E-state index in [2.05, 4.69) is 9.97 Å². The van der Waals surface area contributed by atoms with Gasteiger partial charge in [0.2, 0.25) is 0 Å². The smallest absolute Gasteiger partial charge is 0.0886 e. The summed E-state index contributed by atoms with van der Waals surface area (Å²) in [6, 6.07) is 7.79. The second-order valence-electron chi connectivity index (χ2n) is 7.11. The molecule has 190 valence electrons. The van der Waals surface area contributed by atoms with Gasteiger partial charge in [-0.05, 0) is 23.3 Å². The Labute approximate surface area is 200 Å². The standard InChI is InChI=1S/C24H36N2O8/c27-5-7-29-9-11-31-13-15-33-19-21-1-3-23(25-17-21)24-4-2-22(18-26-24)20-34-16-14-32-12-10-30-8-6-28/h1-4,17-18,27-28H,5-16,19-20H2. The van der Waals surface area contributed by atoms with Crippen LogP contribution in [0.15, 0.2) is 36.7 Å². The maximum atomic E-state index is 8.60. The molecular weight excluding hydrogens is 444 g/mol. The minimum atomic E-state index is 0.0219. The van der Waals surface area contributed by atoms with Crippen LogP contribution in [0.2, 0.25) is 0 Å². The highest BCUT2D eigenvalue weighted by Gasteiger charge is 2.03. The number of aliphatic hydroxyl groups is 2. The van der Waals surface area contributed by atoms with Crippen molar-refractivity contribution in [3.05, 3.63) is 47.8 Å². The third-order valence-corrected chi connectivity index (χ3v) is 4.41. The number of nitrogens with zero attached hydrogens (tertiary/aromatic N) is 2. The quantitative estimate of drug-likeness (QED) is 0.252. The van der Waals surface area contributed by atoms with Gasteiger partial charge in [-0.1, -0.05) is 12.1 Å². The fourth-order valence-electron chi connectivity index (χ4n) is 2.71. The second kappa shape index (κ2) is 19.3. The van der Waals surface area contributed by atoms with Gasteiger partial charge >= 0.3 is 0 Å². The van der Waals surface area contributed by atoms with Crippen molar-refractivity contribution in [3.8, 4) is 11.4 Å². The van der Waals surface area contributed by atoms with E-state index in [-0.39, 0.29) is 13.2 Å². The number of rotatable bonds is 21. The van der Waals surface area contributed by atoms with E-state index in [9.17, 15) is 0 Å². The minimum Gasteiger partial charge on any atom is -0.394 e. The van der Waals surface area contributed by atoms with Crippen LogP contribution in [0.4, 0.5) is 0 Å². The first-order valence-corrected chi connectivity index (χ1v) is 11.4. The maximum Gasteiger partial charge on any atom is 0.0886 e.